The molecule has 0 aliphatic carbocycles. The van der Waals surface area contributed by atoms with Crippen LogP contribution in [0.5, 0.6) is 0 Å². The van der Waals surface area contributed by atoms with Gasteiger partial charge in [0.1, 0.15) is 0 Å². The zero-order valence-electron chi connectivity index (χ0n) is 15.3. The zero-order valence-corrected chi connectivity index (χ0v) is 16.1. The average molecular weight is 381 g/mol. The van der Waals surface area contributed by atoms with E-state index in [-0.39, 0.29) is 18.4 Å². The molecule has 5 heteroatoms. The van der Waals surface area contributed by atoms with Gasteiger partial charge in [-0.15, -0.1) is 0 Å². The highest BCUT2D eigenvalue weighted by Crippen LogP contribution is 2.31. The Kier molecular flexibility index (Phi) is 5.77. The molecule has 1 aromatic heterocycles. The number of carbonyl (C=O) groups excluding carboxylic acids is 1. The largest absolute Gasteiger partial charge is 0.436 e. The summed E-state index contributed by atoms with van der Waals surface area (Å²) >= 11 is 6.13. The lowest BCUT2D eigenvalue weighted by atomic mass is 10.1. The maximum Gasteiger partial charge on any atom is 0.227 e. The van der Waals surface area contributed by atoms with E-state index in [1.54, 1.807) is 18.2 Å². The number of aromatic nitrogens is 1. The second kappa shape index (κ2) is 8.23. The lowest BCUT2D eigenvalue weighted by Gasteiger charge is -2.07. The molecular weight excluding hydrogens is 360 g/mol. The number of rotatable bonds is 6. The number of carbonyl (C=O) groups is 1. The van der Waals surface area contributed by atoms with Crippen molar-refractivity contribution >= 4 is 23.6 Å². The molecule has 0 aliphatic heterocycles. The van der Waals surface area contributed by atoms with E-state index in [4.69, 9.17) is 16.0 Å². The van der Waals surface area contributed by atoms with E-state index in [1.807, 2.05) is 50.2 Å². The average Bonchev–Trinajstić information content (AvgIpc) is 3.04. The van der Waals surface area contributed by atoms with Crippen LogP contribution in [0.1, 0.15) is 25.1 Å². The van der Waals surface area contributed by atoms with Crippen molar-refractivity contribution in [3.8, 4) is 22.8 Å². The molecule has 0 spiro atoms. The molecule has 0 bridgehead atoms. The Labute approximate surface area is 163 Å². The maximum atomic E-state index is 12.3. The molecule has 3 rings (SSSR count). The zero-order chi connectivity index (χ0) is 19.4. The van der Waals surface area contributed by atoms with Gasteiger partial charge >= 0.3 is 0 Å². The van der Waals surface area contributed by atoms with Crippen LogP contribution in [0.2, 0.25) is 5.02 Å². The van der Waals surface area contributed by atoms with Crippen molar-refractivity contribution in [1.82, 2.24) is 10.3 Å². The fraction of sp³-hybridized carbons (Fsp3) is 0.182. The molecule has 0 fully saturated rings. The minimum Gasteiger partial charge on any atom is -0.436 e. The highest BCUT2D eigenvalue weighted by Gasteiger charge is 2.19. The van der Waals surface area contributed by atoms with E-state index >= 15 is 0 Å². The molecule has 138 valence electrons. The Morgan fingerprint density at radius 3 is 2.59 bits per heavy atom. The van der Waals surface area contributed by atoms with Gasteiger partial charge in [0.05, 0.1) is 12.1 Å². The third-order valence-electron chi connectivity index (χ3n) is 3.96. The Hall–Kier alpha value is -2.85. The van der Waals surface area contributed by atoms with Crippen LogP contribution in [0.4, 0.5) is 0 Å². The van der Waals surface area contributed by atoms with Gasteiger partial charge in [-0.1, -0.05) is 48.5 Å². The molecule has 3 aromatic rings. The van der Waals surface area contributed by atoms with Crippen molar-refractivity contribution < 1.29 is 9.21 Å². The second-order valence-corrected chi connectivity index (χ2v) is 6.97. The van der Waals surface area contributed by atoms with E-state index in [1.165, 1.54) is 0 Å². The van der Waals surface area contributed by atoms with Gasteiger partial charge in [0.2, 0.25) is 11.8 Å². The van der Waals surface area contributed by atoms with E-state index in [0.717, 1.165) is 16.7 Å². The first kappa shape index (κ1) is 18.9. The SMILES string of the molecule is C=Cc1ccc(-c2nc(CC(=O)NC(C)C)c(-c3cccc(Cl)c3)o2)cc1. The van der Waals surface area contributed by atoms with E-state index < -0.39 is 0 Å². The number of benzene rings is 2. The first-order valence-corrected chi connectivity index (χ1v) is 9.12. The topological polar surface area (TPSA) is 55.1 Å². The summed E-state index contributed by atoms with van der Waals surface area (Å²) in [4.78, 5) is 16.9. The molecule has 1 N–H and O–H groups in total. The number of halogens is 1. The van der Waals surface area contributed by atoms with E-state index in [2.05, 4.69) is 16.9 Å². The monoisotopic (exact) mass is 380 g/mol. The number of nitrogens with zero attached hydrogens (tertiary/aromatic N) is 1. The van der Waals surface area contributed by atoms with Crippen LogP contribution in [0.15, 0.2) is 59.5 Å². The van der Waals surface area contributed by atoms with Gasteiger partial charge in [-0.05, 0) is 43.7 Å². The van der Waals surface area contributed by atoms with Gasteiger partial charge < -0.3 is 9.73 Å². The lowest BCUT2D eigenvalue weighted by Crippen LogP contribution is -2.31. The molecule has 4 nitrogen and oxygen atoms in total. The minimum atomic E-state index is -0.102. The van der Waals surface area contributed by atoms with Crippen molar-refractivity contribution in [2.24, 2.45) is 0 Å². The standard InChI is InChI=1S/C22H21ClN2O2/c1-4-15-8-10-16(11-9-15)22-25-19(13-20(26)24-14(2)3)21(27-22)17-6-5-7-18(23)12-17/h4-12,14H,1,13H2,2-3H3,(H,24,26). The predicted molar refractivity (Wildman–Crippen MR) is 109 cm³/mol. The van der Waals surface area contributed by atoms with Crippen LogP contribution in [0.3, 0.4) is 0 Å². The molecule has 0 aliphatic rings. The molecule has 0 unspecified atom stereocenters. The first-order valence-electron chi connectivity index (χ1n) is 8.74. The number of hydrogen-bond acceptors (Lipinski definition) is 3. The highest BCUT2D eigenvalue weighted by atomic mass is 35.5. The second-order valence-electron chi connectivity index (χ2n) is 6.53. The molecule has 0 radical (unpaired) electrons. The maximum absolute atomic E-state index is 12.3. The van der Waals surface area contributed by atoms with Crippen molar-refractivity contribution in [3.05, 3.63) is 71.4 Å². The molecule has 1 heterocycles. The fourth-order valence-corrected chi connectivity index (χ4v) is 2.93. The van der Waals surface area contributed by atoms with Crippen LogP contribution in [0.25, 0.3) is 28.9 Å². The molecule has 27 heavy (non-hydrogen) atoms. The quantitative estimate of drug-likeness (QED) is 0.625. The first-order chi connectivity index (χ1) is 13.0. The van der Waals surface area contributed by atoms with Gasteiger partial charge in [0.15, 0.2) is 5.76 Å². The van der Waals surface area contributed by atoms with Crippen molar-refractivity contribution in [2.75, 3.05) is 0 Å². The van der Waals surface area contributed by atoms with E-state index in [9.17, 15) is 4.79 Å². The molecule has 2 aromatic carbocycles. The van der Waals surface area contributed by atoms with Gasteiger partial charge in [0.25, 0.3) is 0 Å². The molecule has 0 atom stereocenters. The molecule has 0 saturated heterocycles. The summed E-state index contributed by atoms with van der Waals surface area (Å²) in [6.45, 7) is 7.60. The summed E-state index contributed by atoms with van der Waals surface area (Å²) in [6, 6.07) is 15.1. The van der Waals surface area contributed by atoms with Crippen LogP contribution in [-0.2, 0) is 11.2 Å². The van der Waals surface area contributed by atoms with Crippen LogP contribution in [0, 0.1) is 0 Å². The fourth-order valence-electron chi connectivity index (χ4n) is 2.74. The number of hydrogen-bond donors (Lipinski definition) is 1. The summed E-state index contributed by atoms with van der Waals surface area (Å²) in [7, 11) is 0. The molecule has 1 amide bonds. The van der Waals surface area contributed by atoms with Crippen molar-refractivity contribution in [2.45, 2.75) is 26.3 Å². The van der Waals surface area contributed by atoms with Crippen LogP contribution >= 0.6 is 11.6 Å². The lowest BCUT2D eigenvalue weighted by molar-refractivity contribution is -0.120. The predicted octanol–water partition coefficient (Wildman–Crippen LogP) is 5.37. The third kappa shape index (κ3) is 4.66. The summed E-state index contributed by atoms with van der Waals surface area (Å²) in [5, 5.41) is 3.48. The summed E-state index contributed by atoms with van der Waals surface area (Å²) in [6.07, 6.45) is 1.91. The van der Waals surface area contributed by atoms with Crippen molar-refractivity contribution in [3.63, 3.8) is 0 Å². The van der Waals surface area contributed by atoms with Crippen LogP contribution in [-0.4, -0.2) is 16.9 Å². The number of nitrogens with one attached hydrogen (secondary N) is 1. The molecule has 0 saturated carbocycles. The van der Waals surface area contributed by atoms with Crippen LogP contribution < -0.4 is 5.32 Å². The number of oxazole rings is 1. The summed E-state index contributed by atoms with van der Waals surface area (Å²) in [5.41, 5.74) is 3.21. The summed E-state index contributed by atoms with van der Waals surface area (Å²) in [5.74, 6) is 0.919. The van der Waals surface area contributed by atoms with Gasteiger partial charge in [-0.25, -0.2) is 4.98 Å². The van der Waals surface area contributed by atoms with Gasteiger partial charge in [0, 0.05) is 22.2 Å². The Morgan fingerprint density at radius 1 is 1.22 bits per heavy atom. The minimum absolute atomic E-state index is 0.0601. The third-order valence-corrected chi connectivity index (χ3v) is 4.19. The van der Waals surface area contributed by atoms with Gasteiger partial charge in [-0.3, -0.25) is 4.79 Å². The molecular formula is C22H21ClN2O2. The normalized spacial score (nSPS) is 10.8. The smallest absolute Gasteiger partial charge is 0.227 e. The summed E-state index contributed by atoms with van der Waals surface area (Å²) < 4.78 is 6.05. The Bertz CT molecular complexity index is 959. The number of amides is 1. The Morgan fingerprint density at radius 2 is 1.96 bits per heavy atom. The Balaban J connectivity index is 2.02. The van der Waals surface area contributed by atoms with E-state index in [0.29, 0.717) is 22.4 Å². The highest BCUT2D eigenvalue weighted by molar-refractivity contribution is 6.30. The van der Waals surface area contributed by atoms with Gasteiger partial charge in [-0.2, -0.15) is 0 Å². The van der Waals surface area contributed by atoms with Crippen molar-refractivity contribution in [1.29, 1.82) is 0 Å².